The predicted molar refractivity (Wildman–Crippen MR) is 115 cm³/mol. The molecule has 0 unspecified atom stereocenters. The van der Waals surface area contributed by atoms with Crippen LogP contribution in [0, 0.1) is 46.8 Å². The summed E-state index contributed by atoms with van der Waals surface area (Å²) in [6.45, 7) is 4.55. The van der Waals surface area contributed by atoms with Crippen molar-refractivity contribution in [3.63, 3.8) is 0 Å². The second kappa shape index (κ2) is 7.56. The Morgan fingerprint density at radius 3 is 2.46 bits per heavy atom. The van der Waals surface area contributed by atoms with Gasteiger partial charge < -0.3 is 10.5 Å². The Morgan fingerprint density at radius 1 is 1.04 bits per heavy atom. The predicted octanol–water partition coefficient (Wildman–Crippen LogP) is 5.90. The molecule has 5 saturated carbocycles. The van der Waals surface area contributed by atoms with Gasteiger partial charge in [0.05, 0.1) is 6.04 Å². The Hall–Kier alpha value is -0.630. The summed E-state index contributed by atoms with van der Waals surface area (Å²) in [5, 5.41) is 0. The normalized spacial score (nSPS) is 44.9. The van der Waals surface area contributed by atoms with Gasteiger partial charge >= 0.3 is 0 Å². The SMILES string of the molecule is C=C1CC[C@@H]2[C@H]([C@@H]3C[C@@H](C4CCCC4)C[C@H]13)[C@@]2(CCC1CCCC1)[C@@H](N)C=O. The first-order valence-electron chi connectivity index (χ1n) is 12.5. The van der Waals surface area contributed by atoms with Gasteiger partial charge in [0.25, 0.3) is 0 Å². The van der Waals surface area contributed by atoms with E-state index >= 15 is 0 Å². The van der Waals surface area contributed by atoms with Crippen LogP contribution in [-0.4, -0.2) is 12.3 Å². The Morgan fingerprint density at radius 2 is 1.75 bits per heavy atom. The molecule has 156 valence electrons. The van der Waals surface area contributed by atoms with Crippen molar-refractivity contribution in [3.05, 3.63) is 12.2 Å². The van der Waals surface area contributed by atoms with Crippen LogP contribution in [0.1, 0.15) is 89.9 Å². The molecule has 0 bridgehead atoms. The lowest BCUT2D eigenvalue weighted by atomic mass is 9.77. The molecule has 0 amide bonds. The van der Waals surface area contributed by atoms with Gasteiger partial charge in [-0.05, 0) is 85.4 Å². The second-order valence-corrected chi connectivity index (χ2v) is 11.3. The van der Waals surface area contributed by atoms with E-state index in [1.54, 1.807) is 5.57 Å². The van der Waals surface area contributed by atoms with E-state index < -0.39 is 0 Å². The molecule has 2 N–H and O–H groups in total. The molecule has 0 aromatic rings. The van der Waals surface area contributed by atoms with E-state index in [4.69, 9.17) is 5.73 Å². The molecule has 0 aliphatic heterocycles. The maximum absolute atomic E-state index is 11.9. The minimum absolute atomic E-state index is 0.137. The summed E-state index contributed by atoms with van der Waals surface area (Å²) >= 11 is 0. The molecule has 5 fully saturated rings. The van der Waals surface area contributed by atoms with E-state index in [1.807, 2.05) is 0 Å². The first-order valence-corrected chi connectivity index (χ1v) is 12.5. The smallest absolute Gasteiger partial charge is 0.137 e. The van der Waals surface area contributed by atoms with E-state index in [2.05, 4.69) is 6.58 Å². The van der Waals surface area contributed by atoms with Crippen molar-refractivity contribution in [1.29, 1.82) is 0 Å². The summed E-state index contributed by atoms with van der Waals surface area (Å²) in [5.74, 6) is 5.72. The summed E-state index contributed by atoms with van der Waals surface area (Å²) in [5.41, 5.74) is 8.27. The molecular formula is C26H41NO. The summed E-state index contributed by atoms with van der Waals surface area (Å²) in [6.07, 6.45) is 20.4. The molecule has 0 spiro atoms. The molecule has 7 atom stereocenters. The molecule has 2 nitrogen and oxygen atoms in total. The van der Waals surface area contributed by atoms with Crippen molar-refractivity contribution in [1.82, 2.24) is 0 Å². The van der Waals surface area contributed by atoms with Crippen LogP contribution in [0.2, 0.25) is 0 Å². The zero-order valence-electron chi connectivity index (χ0n) is 17.8. The van der Waals surface area contributed by atoms with E-state index in [1.165, 1.54) is 89.9 Å². The fourth-order valence-corrected chi connectivity index (χ4v) is 8.90. The summed E-state index contributed by atoms with van der Waals surface area (Å²) in [7, 11) is 0. The van der Waals surface area contributed by atoms with Crippen LogP contribution in [0.25, 0.3) is 0 Å². The van der Waals surface area contributed by atoms with Crippen LogP contribution >= 0.6 is 0 Å². The molecule has 0 saturated heterocycles. The van der Waals surface area contributed by atoms with Crippen molar-refractivity contribution in [2.24, 2.45) is 52.6 Å². The molecule has 0 aromatic carbocycles. The van der Waals surface area contributed by atoms with Gasteiger partial charge in [-0.2, -0.15) is 0 Å². The lowest BCUT2D eigenvalue weighted by Gasteiger charge is -2.29. The van der Waals surface area contributed by atoms with Gasteiger partial charge in [0.15, 0.2) is 0 Å². The topological polar surface area (TPSA) is 43.1 Å². The van der Waals surface area contributed by atoms with Crippen LogP contribution in [0.3, 0.4) is 0 Å². The average molecular weight is 384 g/mol. The van der Waals surface area contributed by atoms with Gasteiger partial charge in [-0.3, -0.25) is 0 Å². The number of aldehydes is 1. The summed E-state index contributed by atoms with van der Waals surface area (Å²) in [4.78, 5) is 11.9. The Labute approximate surface area is 172 Å². The Balaban J connectivity index is 1.36. The molecule has 5 aliphatic rings. The van der Waals surface area contributed by atoms with E-state index in [9.17, 15) is 4.79 Å². The molecule has 28 heavy (non-hydrogen) atoms. The van der Waals surface area contributed by atoms with Crippen molar-refractivity contribution < 1.29 is 4.79 Å². The fourth-order valence-electron chi connectivity index (χ4n) is 8.90. The quantitative estimate of drug-likeness (QED) is 0.458. The highest BCUT2D eigenvalue weighted by Gasteiger charge is 2.70. The van der Waals surface area contributed by atoms with Crippen LogP contribution in [0.4, 0.5) is 0 Å². The zero-order chi connectivity index (χ0) is 19.3. The van der Waals surface area contributed by atoms with Crippen molar-refractivity contribution >= 4 is 6.29 Å². The van der Waals surface area contributed by atoms with E-state index in [0.29, 0.717) is 11.8 Å². The maximum Gasteiger partial charge on any atom is 0.137 e. The van der Waals surface area contributed by atoms with E-state index in [-0.39, 0.29) is 11.5 Å². The third kappa shape index (κ3) is 3.04. The first-order chi connectivity index (χ1) is 13.6. The maximum atomic E-state index is 11.9. The average Bonchev–Trinajstić information content (AvgIpc) is 3.25. The highest BCUT2D eigenvalue weighted by molar-refractivity contribution is 5.61. The number of hydrogen-bond acceptors (Lipinski definition) is 2. The standard InChI is InChI=1S/C26H41NO/c1-17-10-11-23-25(22-15-20(14-21(17)22)19-8-4-5-9-19)26(23,24(27)16-28)13-12-18-6-2-3-7-18/h16,18-25H,1-15,27H2/t20-,21+,22+,23+,24-,25-,26+/m0/s1. The van der Waals surface area contributed by atoms with Gasteiger partial charge in [-0.15, -0.1) is 0 Å². The third-order valence-corrected chi connectivity index (χ3v) is 10.3. The molecule has 5 aliphatic carbocycles. The molecular weight excluding hydrogens is 342 g/mol. The summed E-state index contributed by atoms with van der Waals surface area (Å²) in [6, 6.07) is -0.235. The molecule has 5 rings (SSSR count). The second-order valence-electron chi connectivity index (χ2n) is 11.3. The Kier molecular flexibility index (Phi) is 5.22. The van der Waals surface area contributed by atoms with Crippen molar-refractivity contribution in [2.75, 3.05) is 0 Å². The fraction of sp³-hybridized carbons (Fsp3) is 0.885. The summed E-state index contributed by atoms with van der Waals surface area (Å²) < 4.78 is 0. The lowest BCUT2D eigenvalue weighted by molar-refractivity contribution is -0.110. The number of rotatable bonds is 6. The highest BCUT2D eigenvalue weighted by atomic mass is 16.1. The number of allylic oxidation sites excluding steroid dienone is 1. The lowest BCUT2D eigenvalue weighted by Crippen LogP contribution is -2.37. The molecule has 2 heteroatoms. The van der Waals surface area contributed by atoms with Crippen molar-refractivity contribution in [3.8, 4) is 0 Å². The molecule has 0 aromatic heterocycles. The molecule has 0 heterocycles. The largest absolute Gasteiger partial charge is 0.321 e. The molecule has 0 radical (unpaired) electrons. The number of nitrogens with two attached hydrogens (primary N) is 1. The third-order valence-electron chi connectivity index (χ3n) is 10.3. The van der Waals surface area contributed by atoms with Gasteiger partial charge in [-0.25, -0.2) is 0 Å². The minimum Gasteiger partial charge on any atom is -0.321 e. The van der Waals surface area contributed by atoms with Gasteiger partial charge in [0.1, 0.15) is 6.29 Å². The number of hydrogen-bond donors (Lipinski definition) is 1. The van der Waals surface area contributed by atoms with Crippen LogP contribution < -0.4 is 5.73 Å². The van der Waals surface area contributed by atoms with E-state index in [0.717, 1.165) is 35.9 Å². The van der Waals surface area contributed by atoms with Crippen LogP contribution in [0.5, 0.6) is 0 Å². The van der Waals surface area contributed by atoms with Gasteiger partial charge in [-0.1, -0.05) is 63.5 Å². The number of carbonyl (C=O) groups is 1. The van der Waals surface area contributed by atoms with Crippen molar-refractivity contribution in [2.45, 2.75) is 95.9 Å². The van der Waals surface area contributed by atoms with Gasteiger partial charge in [0, 0.05) is 0 Å². The number of carbonyl (C=O) groups excluding carboxylic acids is 1. The number of fused-ring (bicyclic) bond motifs is 3. The highest BCUT2D eigenvalue weighted by Crippen LogP contribution is 2.73. The minimum atomic E-state index is -0.235. The Bertz CT molecular complexity index is 602. The first kappa shape index (κ1) is 19.3. The monoisotopic (exact) mass is 383 g/mol. The van der Waals surface area contributed by atoms with Crippen LogP contribution in [0.15, 0.2) is 12.2 Å². The van der Waals surface area contributed by atoms with Gasteiger partial charge in [0.2, 0.25) is 0 Å². The zero-order valence-corrected chi connectivity index (χ0v) is 17.8. The van der Waals surface area contributed by atoms with Crippen LogP contribution in [-0.2, 0) is 4.79 Å².